The number of nitrogens with two attached hydrogens (primary N) is 1. The lowest BCUT2D eigenvalue weighted by Crippen LogP contribution is -2.58. The predicted octanol–water partition coefficient (Wildman–Crippen LogP) is 3.27. The molecule has 1 fully saturated rings. The van der Waals surface area contributed by atoms with E-state index in [0.717, 1.165) is 5.56 Å². The normalized spacial score (nSPS) is 19.6. The van der Waals surface area contributed by atoms with Crippen LogP contribution in [0.5, 0.6) is 0 Å². The summed E-state index contributed by atoms with van der Waals surface area (Å²) in [5, 5.41) is 2.71. The van der Waals surface area contributed by atoms with Gasteiger partial charge in [0.1, 0.15) is 0 Å². The van der Waals surface area contributed by atoms with Crippen LogP contribution >= 0.6 is 0 Å². The van der Waals surface area contributed by atoms with E-state index in [1.807, 2.05) is 0 Å². The van der Waals surface area contributed by atoms with Crippen LogP contribution in [0, 0.1) is 0 Å². The number of nitrogens with zero attached hydrogens (tertiary/aromatic N) is 1. The quantitative estimate of drug-likeness (QED) is 0.585. The molecule has 3 N–H and O–H groups in total. The maximum absolute atomic E-state index is 13.1. The lowest BCUT2D eigenvalue weighted by molar-refractivity contribution is -0.143. The Morgan fingerprint density at radius 1 is 1.03 bits per heavy atom. The van der Waals surface area contributed by atoms with Crippen molar-refractivity contribution in [3.05, 3.63) is 70.8 Å². The molecule has 0 saturated carbocycles. The molecule has 0 unspecified atom stereocenters. The van der Waals surface area contributed by atoms with Crippen molar-refractivity contribution >= 4 is 11.8 Å². The monoisotopic (exact) mass is 489 g/mol. The minimum atomic E-state index is -4.97. The Hall–Kier alpha value is -3.12. The van der Waals surface area contributed by atoms with Crippen LogP contribution in [0.25, 0.3) is 0 Å². The molecule has 1 heterocycles. The van der Waals surface area contributed by atoms with Gasteiger partial charge >= 0.3 is 12.4 Å². The fraction of sp³-hybridized carbons (Fsp3) is 0.364. The van der Waals surface area contributed by atoms with Crippen molar-refractivity contribution in [1.29, 1.82) is 0 Å². The smallest absolute Gasteiger partial charge is 0.375 e. The molecule has 1 aliphatic heterocycles. The molecule has 12 heteroatoms. The number of ether oxygens (including phenoxy) is 1. The highest BCUT2D eigenvalue weighted by Crippen LogP contribution is 2.36. The Morgan fingerprint density at radius 2 is 1.62 bits per heavy atom. The highest BCUT2D eigenvalue weighted by Gasteiger charge is 2.38. The van der Waals surface area contributed by atoms with Gasteiger partial charge in [-0.25, -0.2) is 0 Å². The molecule has 0 aromatic heterocycles. The summed E-state index contributed by atoms with van der Waals surface area (Å²) in [6.45, 7) is -1.15. The average Bonchev–Trinajstić information content (AvgIpc) is 2.72. The Kier molecular flexibility index (Phi) is 7.51. The number of hydrogen-bond donors (Lipinski definition) is 2. The summed E-state index contributed by atoms with van der Waals surface area (Å²) >= 11 is 0. The standard InChI is InChI=1S/C22H21F6N3O3/c23-21(24,25)15-6-13(7-16(8-15)22(26,27)28)11-34-12-17-20(14-4-2-1-3-5-14)31(9-18(29)32)10-19(33)30-17/h1-8,17,20H,9-12H2,(H2,29,32)(H,30,33)/t17-,20+/m1/s1. The molecule has 2 amide bonds. The highest BCUT2D eigenvalue weighted by atomic mass is 19.4. The maximum Gasteiger partial charge on any atom is 0.416 e. The fourth-order valence-corrected chi connectivity index (χ4v) is 3.86. The molecule has 2 atom stereocenters. The van der Waals surface area contributed by atoms with Crippen LogP contribution in [0.3, 0.4) is 0 Å². The number of halogens is 6. The van der Waals surface area contributed by atoms with Crippen LogP contribution in [-0.4, -0.2) is 42.5 Å². The molecule has 184 valence electrons. The van der Waals surface area contributed by atoms with Crippen LogP contribution in [0.4, 0.5) is 26.3 Å². The van der Waals surface area contributed by atoms with E-state index in [1.165, 1.54) is 4.90 Å². The summed E-state index contributed by atoms with van der Waals surface area (Å²) in [5.74, 6) is -1.10. The van der Waals surface area contributed by atoms with E-state index in [4.69, 9.17) is 10.5 Å². The number of hydrogen-bond acceptors (Lipinski definition) is 4. The Bertz CT molecular complexity index is 993. The third-order valence-corrected chi connectivity index (χ3v) is 5.18. The largest absolute Gasteiger partial charge is 0.416 e. The molecule has 1 saturated heterocycles. The van der Waals surface area contributed by atoms with Gasteiger partial charge in [0.05, 0.1) is 49.5 Å². The summed E-state index contributed by atoms with van der Waals surface area (Å²) in [6, 6.07) is 8.68. The first-order valence-corrected chi connectivity index (χ1v) is 10.1. The summed E-state index contributed by atoms with van der Waals surface area (Å²) in [6.07, 6.45) is -9.94. The zero-order valence-corrected chi connectivity index (χ0v) is 17.6. The van der Waals surface area contributed by atoms with Gasteiger partial charge in [-0.2, -0.15) is 26.3 Å². The SMILES string of the molecule is NC(=O)CN1CC(=O)N[C@H](COCc2cc(C(F)(F)F)cc(C(F)(F)F)c2)[C@@H]1c1ccccc1. The molecule has 0 aliphatic carbocycles. The number of nitrogens with one attached hydrogen (secondary N) is 1. The maximum atomic E-state index is 13.1. The Balaban J connectivity index is 1.81. The van der Waals surface area contributed by atoms with Crippen molar-refractivity contribution < 1.29 is 40.7 Å². The van der Waals surface area contributed by atoms with Crippen molar-refractivity contribution in [2.45, 2.75) is 31.0 Å². The number of primary amides is 1. The summed E-state index contributed by atoms with van der Waals surface area (Å²) < 4.78 is 83.9. The van der Waals surface area contributed by atoms with E-state index in [2.05, 4.69) is 5.32 Å². The average molecular weight is 489 g/mol. The zero-order valence-electron chi connectivity index (χ0n) is 17.6. The highest BCUT2D eigenvalue weighted by molar-refractivity contribution is 5.81. The number of carbonyl (C=O) groups excluding carboxylic acids is 2. The second-order valence-electron chi connectivity index (χ2n) is 7.83. The Morgan fingerprint density at radius 3 is 2.15 bits per heavy atom. The summed E-state index contributed by atoms with van der Waals surface area (Å²) in [5.41, 5.74) is 2.81. The van der Waals surface area contributed by atoms with Gasteiger partial charge in [0.25, 0.3) is 0 Å². The molecule has 2 aromatic carbocycles. The van der Waals surface area contributed by atoms with E-state index in [1.54, 1.807) is 30.3 Å². The minimum absolute atomic E-state index is 0.0397. The molecular formula is C22H21F6N3O3. The first-order chi connectivity index (χ1) is 15.8. The summed E-state index contributed by atoms with van der Waals surface area (Å²) in [7, 11) is 0. The number of carbonyl (C=O) groups is 2. The molecule has 34 heavy (non-hydrogen) atoms. The van der Waals surface area contributed by atoms with Crippen molar-refractivity contribution in [3.8, 4) is 0 Å². The van der Waals surface area contributed by atoms with Crippen molar-refractivity contribution in [3.63, 3.8) is 0 Å². The van der Waals surface area contributed by atoms with Crippen LogP contribution in [-0.2, 0) is 33.3 Å². The van der Waals surface area contributed by atoms with Gasteiger partial charge in [0, 0.05) is 0 Å². The molecule has 0 bridgehead atoms. The van der Waals surface area contributed by atoms with Gasteiger partial charge in [-0.3, -0.25) is 14.5 Å². The lowest BCUT2D eigenvalue weighted by Gasteiger charge is -2.41. The third-order valence-electron chi connectivity index (χ3n) is 5.18. The van der Waals surface area contributed by atoms with Gasteiger partial charge in [-0.05, 0) is 29.3 Å². The predicted molar refractivity (Wildman–Crippen MR) is 108 cm³/mol. The zero-order chi connectivity index (χ0) is 25.1. The van der Waals surface area contributed by atoms with E-state index in [0.29, 0.717) is 12.1 Å². The molecule has 0 spiro atoms. The Labute approximate surface area is 190 Å². The number of amides is 2. The van der Waals surface area contributed by atoms with E-state index >= 15 is 0 Å². The van der Waals surface area contributed by atoms with Crippen molar-refractivity contribution in [2.75, 3.05) is 19.7 Å². The van der Waals surface area contributed by atoms with Crippen LogP contribution in [0.2, 0.25) is 0 Å². The van der Waals surface area contributed by atoms with Gasteiger partial charge in [0.2, 0.25) is 11.8 Å². The van der Waals surface area contributed by atoms with Gasteiger partial charge < -0.3 is 15.8 Å². The number of piperazine rings is 1. The van der Waals surface area contributed by atoms with Gasteiger partial charge in [-0.15, -0.1) is 0 Å². The summed E-state index contributed by atoms with van der Waals surface area (Å²) in [4.78, 5) is 25.2. The topological polar surface area (TPSA) is 84.7 Å². The first kappa shape index (κ1) is 25.5. The number of alkyl halides is 6. The van der Waals surface area contributed by atoms with Crippen LogP contribution in [0.1, 0.15) is 28.3 Å². The van der Waals surface area contributed by atoms with Crippen molar-refractivity contribution in [2.24, 2.45) is 5.73 Å². The second-order valence-corrected chi connectivity index (χ2v) is 7.83. The molecule has 3 rings (SSSR count). The van der Waals surface area contributed by atoms with Gasteiger partial charge in [-0.1, -0.05) is 30.3 Å². The third kappa shape index (κ3) is 6.48. The molecular weight excluding hydrogens is 468 g/mol. The van der Waals surface area contributed by atoms with E-state index < -0.39 is 54.0 Å². The molecule has 0 radical (unpaired) electrons. The van der Waals surface area contributed by atoms with Crippen molar-refractivity contribution in [1.82, 2.24) is 10.2 Å². The van der Waals surface area contributed by atoms with Gasteiger partial charge in [0.15, 0.2) is 0 Å². The van der Waals surface area contributed by atoms with E-state index in [9.17, 15) is 35.9 Å². The lowest BCUT2D eigenvalue weighted by atomic mass is 9.95. The number of benzene rings is 2. The number of rotatable bonds is 7. The molecule has 6 nitrogen and oxygen atoms in total. The van der Waals surface area contributed by atoms with Crippen LogP contribution < -0.4 is 11.1 Å². The van der Waals surface area contributed by atoms with E-state index in [-0.39, 0.29) is 31.3 Å². The molecule has 1 aliphatic rings. The first-order valence-electron chi connectivity index (χ1n) is 10.1. The fourth-order valence-electron chi connectivity index (χ4n) is 3.86. The second kappa shape index (κ2) is 10.0. The minimum Gasteiger partial charge on any atom is -0.375 e. The van der Waals surface area contributed by atoms with Crippen LogP contribution in [0.15, 0.2) is 48.5 Å². The molecule has 2 aromatic rings.